The number of hydrogen-bond donors (Lipinski definition) is 2. The third-order valence-corrected chi connectivity index (χ3v) is 5.83. The van der Waals surface area contributed by atoms with Gasteiger partial charge in [-0.25, -0.2) is 13.1 Å². The van der Waals surface area contributed by atoms with E-state index in [9.17, 15) is 13.5 Å². The Hall–Kier alpha value is 0.01000. The molecular formula is C11H18BrNO4S2. The van der Waals surface area contributed by atoms with Crippen LogP contribution in [0.25, 0.3) is 0 Å². The van der Waals surface area contributed by atoms with Crippen molar-refractivity contribution in [2.24, 2.45) is 0 Å². The maximum Gasteiger partial charge on any atom is 0.241 e. The average molecular weight is 372 g/mol. The summed E-state index contributed by atoms with van der Waals surface area (Å²) in [5.41, 5.74) is -1.13. The van der Waals surface area contributed by atoms with Gasteiger partial charge in [0.1, 0.15) is 0 Å². The number of rotatable bonds is 7. The summed E-state index contributed by atoms with van der Waals surface area (Å²) in [6, 6.07) is 1.56. The molecule has 0 aliphatic carbocycles. The molecule has 0 aliphatic heterocycles. The summed E-state index contributed by atoms with van der Waals surface area (Å²) < 4.78 is 32.3. The van der Waals surface area contributed by atoms with E-state index in [-0.39, 0.29) is 11.4 Å². The summed E-state index contributed by atoms with van der Waals surface area (Å²) >= 11 is 4.62. The third-order valence-electron chi connectivity index (χ3n) is 2.62. The van der Waals surface area contributed by atoms with Gasteiger partial charge in [-0.2, -0.15) is 0 Å². The molecule has 0 aliphatic rings. The van der Waals surface area contributed by atoms with Gasteiger partial charge < -0.3 is 9.84 Å². The molecule has 1 unspecified atom stereocenters. The molecule has 0 saturated carbocycles. The lowest BCUT2D eigenvalue weighted by atomic mass is 10.0. The Morgan fingerprint density at radius 1 is 1.58 bits per heavy atom. The molecule has 1 aromatic rings. The van der Waals surface area contributed by atoms with E-state index in [1.807, 2.05) is 0 Å². The van der Waals surface area contributed by atoms with Crippen molar-refractivity contribution in [1.82, 2.24) is 4.72 Å². The molecule has 19 heavy (non-hydrogen) atoms. The van der Waals surface area contributed by atoms with Crippen LogP contribution in [0.1, 0.15) is 18.2 Å². The van der Waals surface area contributed by atoms with Crippen molar-refractivity contribution in [2.45, 2.75) is 30.8 Å². The first kappa shape index (κ1) is 17.1. The summed E-state index contributed by atoms with van der Waals surface area (Å²) in [5, 5.41) is 10.0. The van der Waals surface area contributed by atoms with E-state index < -0.39 is 15.6 Å². The maximum absolute atomic E-state index is 12.1. The van der Waals surface area contributed by atoms with E-state index in [2.05, 4.69) is 20.7 Å². The molecule has 1 aromatic heterocycles. The van der Waals surface area contributed by atoms with Crippen LogP contribution in [0.3, 0.4) is 0 Å². The molecule has 0 radical (unpaired) electrons. The van der Waals surface area contributed by atoms with Gasteiger partial charge >= 0.3 is 0 Å². The highest BCUT2D eigenvalue weighted by molar-refractivity contribution is 9.11. The molecular weight excluding hydrogens is 354 g/mol. The van der Waals surface area contributed by atoms with Crippen molar-refractivity contribution in [1.29, 1.82) is 0 Å². The molecule has 110 valence electrons. The number of nitrogens with one attached hydrogen (secondary N) is 1. The number of halogens is 1. The predicted molar refractivity (Wildman–Crippen MR) is 79.1 cm³/mol. The number of aliphatic hydroxyl groups is 1. The van der Waals surface area contributed by atoms with Gasteiger partial charge in [0.25, 0.3) is 0 Å². The van der Waals surface area contributed by atoms with Crippen LogP contribution in [0.15, 0.2) is 14.7 Å². The van der Waals surface area contributed by atoms with Crippen molar-refractivity contribution in [3.63, 3.8) is 0 Å². The average Bonchev–Trinajstić information content (AvgIpc) is 2.65. The lowest BCUT2D eigenvalue weighted by molar-refractivity contribution is 0.0292. The molecule has 1 heterocycles. The molecule has 5 nitrogen and oxygen atoms in total. The molecule has 0 saturated heterocycles. The van der Waals surface area contributed by atoms with Crippen LogP contribution in [0.4, 0.5) is 0 Å². The van der Waals surface area contributed by atoms with Crippen LogP contribution in [0.5, 0.6) is 0 Å². The van der Waals surface area contributed by atoms with E-state index in [1.54, 1.807) is 19.9 Å². The van der Waals surface area contributed by atoms with E-state index in [4.69, 9.17) is 4.74 Å². The molecule has 1 rings (SSSR count). The summed E-state index contributed by atoms with van der Waals surface area (Å²) in [7, 11) is -2.06. The van der Waals surface area contributed by atoms with Crippen LogP contribution < -0.4 is 4.72 Å². The molecule has 0 fully saturated rings. The second-order valence-electron chi connectivity index (χ2n) is 4.54. The molecule has 0 spiro atoms. The predicted octanol–water partition coefficient (Wildman–Crippen LogP) is 1.88. The molecule has 0 amide bonds. The quantitative estimate of drug-likeness (QED) is 0.767. The second-order valence-corrected chi connectivity index (χ2v) is 8.91. The minimum atomic E-state index is -3.60. The van der Waals surface area contributed by atoms with Crippen molar-refractivity contribution < 1.29 is 18.3 Å². The molecule has 2 N–H and O–H groups in total. The van der Waals surface area contributed by atoms with Crippen LogP contribution in [0.2, 0.25) is 0 Å². The smallest absolute Gasteiger partial charge is 0.241 e. The zero-order valence-corrected chi connectivity index (χ0v) is 14.3. The van der Waals surface area contributed by atoms with Crippen molar-refractivity contribution in [3.05, 3.63) is 14.7 Å². The lowest BCUT2D eigenvalue weighted by Crippen LogP contribution is -2.41. The fraction of sp³-hybridized carbons (Fsp3) is 0.636. The van der Waals surface area contributed by atoms with E-state index >= 15 is 0 Å². The van der Waals surface area contributed by atoms with Gasteiger partial charge in [0.15, 0.2) is 0 Å². The highest BCUT2D eigenvalue weighted by Crippen LogP contribution is 2.29. The molecule has 8 heteroatoms. The van der Waals surface area contributed by atoms with Crippen LogP contribution in [-0.2, 0) is 14.8 Å². The topological polar surface area (TPSA) is 75.6 Å². The van der Waals surface area contributed by atoms with Crippen LogP contribution in [-0.4, -0.2) is 39.4 Å². The van der Waals surface area contributed by atoms with E-state index in [0.29, 0.717) is 17.9 Å². The monoisotopic (exact) mass is 371 g/mol. The second kappa shape index (κ2) is 6.64. The normalized spacial score (nSPS) is 15.4. The SMILES string of the molecule is COCCC(C)(O)CNS(=O)(=O)c1cc(Br)sc1C. The van der Waals surface area contributed by atoms with Gasteiger partial charge in [0, 0.05) is 31.6 Å². The Labute approximate surface area is 126 Å². The van der Waals surface area contributed by atoms with Gasteiger partial charge in [-0.05, 0) is 35.8 Å². The molecule has 0 aromatic carbocycles. The summed E-state index contributed by atoms with van der Waals surface area (Å²) in [6.07, 6.45) is 0.359. The zero-order chi connectivity index (χ0) is 14.7. The zero-order valence-electron chi connectivity index (χ0n) is 11.1. The summed E-state index contributed by atoms with van der Waals surface area (Å²) in [5.74, 6) is 0. The molecule has 0 bridgehead atoms. The minimum absolute atomic E-state index is 0.0500. The van der Waals surface area contributed by atoms with Gasteiger partial charge in [-0.1, -0.05) is 0 Å². The van der Waals surface area contributed by atoms with Gasteiger partial charge in [-0.15, -0.1) is 11.3 Å². The number of ether oxygens (including phenoxy) is 1. The summed E-state index contributed by atoms with van der Waals surface area (Å²) in [6.45, 7) is 3.64. The fourth-order valence-electron chi connectivity index (χ4n) is 1.44. The third kappa shape index (κ3) is 5.13. The Morgan fingerprint density at radius 3 is 2.68 bits per heavy atom. The van der Waals surface area contributed by atoms with Gasteiger partial charge in [-0.3, -0.25) is 0 Å². The Balaban J connectivity index is 2.73. The first-order chi connectivity index (χ1) is 8.68. The van der Waals surface area contributed by atoms with E-state index in [0.717, 1.165) is 3.79 Å². The number of sulfonamides is 1. The largest absolute Gasteiger partial charge is 0.389 e. The van der Waals surface area contributed by atoms with Gasteiger partial charge in [0.05, 0.1) is 14.3 Å². The Morgan fingerprint density at radius 2 is 2.21 bits per heavy atom. The Bertz CT molecular complexity index is 525. The highest BCUT2D eigenvalue weighted by Gasteiger charge is 2.25. The minimum Gasteiger partial charge on any atom is -0.389 e. The first-order valence-corrected chi connectivity index (χ1v) is 8.74. The van der Waals surface area contributed by atoms with Crippen LogP contribution >= 0.6 is 27.3 Å². The highest BCUT2D eigenvalue weighted by atomic mass is 79.9. The first-order valence-electron chi connectivity index (χ1n) is 5.65. The van der Waals surface area contributed by atoms with Gasteiger partial charge in [0.2, 0.25) is 10.0 Å². The standard InChI is InChI=1S/C11H18BrNO4S2/c1-8-9(6-10(12)18-8)19(15,16)13-7-11(2,14)4-5-17-3/h6,13-14H,4-5,7H2,1-3H3. The number of aryl methyl sites for hydroxylation is 1. The number of methoxy groups -OCH3 is 1. The lowest BCUT2D eigenvalue weighted by Gasteiger charge is -2.23. The van der Waals surface area contributed by atoms with Crippen molar-refractivity contribution >= 4 is 37.3 Å². The fourth-order valence-corrected chi connectivity index (χ4v) is 5.01. The van der Waals surface area contributed by atoms with Crippen LogP contribution in [0, 0.1) is 6.92 Å². The Kier molecular flexibility index (Phi) is 5.96. The number of hydrogen-bond acceptors (Lipinski definition) is 5. The van der Waals surface area contributed by atoms with Crippen molar-refractivity contribution in [2.75, 3.05) is 20.3 Å². The number of thiophene rings is 1. The summed E-state index contributed by atoms with van der Waals surface area (Å²) in [4.78, 5) is 0.947. The van der Waals surface area contributed by atoms with E-state index in [1.165, 1.54) is 18.4 Å². The maximum atomic E-state index is 12.1. The van der Waals surface area contributed by atoms with Crippen molar-refractivity contribution in [3.8, 4) is 0 Å². The molecule has 1 atom stereocenters.